The van der Waals surface area contributed by atoms with E-state index in [1.807, 2.05) is 12.1 Å². The third kappa shape index (κ3) is 6.13. The maximum absolute atomic E-state index is 13.7. The van der Waals surface area contributed by atoms with Crippen LogP contribution in [0.15, 0.2) is 42.2 Å². The van der Waals surface area contributed by atoms with Crippen LogP contribution in [0.5, 0.6) is 11.5 Å². The van der Waals surface area contributed by atoms with Gasteiger partial charge in [0.05, 0.1) is 12.7 Å². The standard InChI is InChI=1S/C33H42N6O4/c1-37-13-15-38(16-14-37)17-18-39-28-9-8-24(42-2)20-25(28)26(31(39)22-5-3-4-6-22)21-30-32(40)27-19-23(7-10-29(27)43-30)36-33(41)35-12-11-34/h7-10,19-22H,3-6,11-18,34H2,1-2H3,(H2,35,36,41). The number of allylic oxidation sites excluding steroid dienone is 1. The second-order valence-electron chi connectivity index (χ2n) is 11.8. The predicted octanol–water partition coefficient (Wildman–Crippen LogP) is 4.25. The number of ketones is 1. The Labute approximate surface area is 252 Å². The third-order valence-corrected chi connectivity index (χ3v) is 8.96. The minimum absolute atomic E-state index is 0.195. The molecule has 3 aliphatic rings. The van der Waals surface area contributed by atoms with Gasteiger partial charge in [-0.25, -0.2) is 4.79 Å². The molecule has 1 saturated carbocycles. The lowest BCUT2D eigenvalue weighted by Crippen LogP contribution is -2.45. The van der Waals surface area contributed by atoms with Gasteiger partial charge in [-0.05, 0) is 68.3 Å². The summed E-state index contributed by atoms with van der Waals surface area (Å²) in [7, 11) is 3.87. The van der Waals surface area contributed by atoms with Crippen LogP contribution < -0.4 is 25.8 Å². The monoisotopic (exact) mass is 586 g/mol. The smallest absolute Gasteiger partial charge is 0.319 e. The number of carbonyl (C=O) groups is 2. The lowest BCUT2D eigenvalue weighted by molar-refractivity contribution is 0.101. The molecule has 3 heterocycles. The molecule has 6 rings (SSSR count). The molecule has 10 nitrogen and oxygen atoms in total. The molecular formula is C33H42N6O4. The van der Waals surface area contributed by atoms with E-state index in [1.54, 1.807) is 25.3 Å². The fraction of sp³-hybridized carbons (Fsp3) is 0.455. The zero-order valence-electron chi connectivity index (χ0n) is 25.2. The lowest BCUT2D eigenvalue weighted by Gasteiger charge is -2.32. The fourth-order valence-electron chi connectivity index (χ4n) is 6.61. The van der Waals surface area contributed by atoms with Crippen LogP contribution in [0.4, 0.5) is 10.5 Å². The first-order valence-corrected chi connectivity index (χ1v) is 15.4. The van der Waals surface area contributed by atoms with Crippen LogP contribution in [0.3, 0.4) is 0 Å². The average Bonchev–Trinajstić information content (AvgIpc) is 3.73. The van der Waals surface area contributed by atoms with Crippen LogP contribution in [0.25, 0.3) is 17.0 Å². The van der Waals surface area contributed by atoms with Crippen molar-refractivity contribution in [2.45, 2.75) is 38.1 Å². The number of nitrogens with two attached hydrogens (primary N) is 1. The molecule has 228 valence electrons. The summed E-state index contributed by atoms with van der Waals surface area (Å²) in [5.74, 6) is 1.79. The highest BCUT2D eigenvalue weighted by Crippen LogP contribution is 2.43. The molecule has 1 saturated heterocycles. The minimum Gasteiger partial charge on any atom is -0.497 e. The van der Waals surface area contributed by atoms with E-state index in [9.17, 15) is 9.59 Å². The molecule has 1 aromatic heterocycles. The second-order valence-corrected chi connectivity index (χ2v) is 11.8. The van der Waals surface area contributed by atoms with E-state index in [4.69, 9.17) is 15.2 Å². The van der Waals surface area contributed by atoms with Gasteiger partial charge in [0.15, 0.2) is 5.76 Å². The van der Waals surface area contributed by atoms with Crippen molar-refractivity contribution >= 4 is 34.5 Å². The molecule has 4 N–H and O–H groups in total. The van der Waals surface area contributed by atoms with Gasteiger partial charge in [0.25, 0.3) is 0 Å². The van der Waals surface area contributed by atoms with Crippen molar-refractivity contribution in [3.8, 4) is 11.5 Å². The highest BCUT2D eigenvalue weighted by atomic mass is 16.5. The summed E-state index contributed by atoms with van der Waals surface area (Å²) < 4.78 is 14.3. The van der Waals surface area contributed by atoms with Gasteiger partial charge in [-0.1, -0.05) is 12.8 Å². The number of benzene rings is 2. The summed E-state index contributed by atoms with van der Waals surface area (Å²) in [4.78, 5) is 30.8. The van der Waals surface area contributed by atoms with Crippen molar-refractivity contribution in [2.75, 3.05) is 65.3 Å². The first-order chi connectivity index (χ1) is 20.9. The quantitative estimate of drug-likeness (QED) is 0.321. The van der Waals surface area contributed by atoms with E-state index >= 15 is 0 Å². The van der Waals surface area contributed by atoms with E-state index < -0.39 is 0 Å². The number of methoxy groups -OCH3 is 1. The Bertz CT molecular complexity index is 1530. The number of carbonyl (C=O) groups excluding carboxylic acids is 2. The molecule has 2 fully saturated rings. The molecule has 3 aromatic rings. The van der Waals surface area contributed by atoms with Crippen LogP contribution >= 0.6 is 0 Å². The van der Waals surface area contributed by atoms with E-state index in [1.165, 1.54) is 18.5 Å². The van der Waals surface area contributed by atoms with E-state index in [0.717, 1.165) is 74.3 Å². The number of ether oxygens (including phenoxy) is 2. The Morgan fingerprint density at radius 3 is 2.63 bits per heavy atom. The predicted molar refractivity (Wildman–Crippen MR) is 169 cm³/mol. The molecule has 0 spiro atoms. The number of rotatable bonds is 9. The molecule has 0 bridgehead atoms. The maximum atomic E-state index is 13.7. The highest BCUT2D eigenvalue weighted by molar-refractivity contribution is 6.16. The van der Waals surface area contributed by atoms with Crippen molar-refractivity contribution in [3.05, 3.63) is 59.0 Å². The van der Waals surface area contributed by atoms with Gasteiger partial charge in [0.2, 0.25) is 5.78 Å². The average molecular weight is 587 g/mol. The van der Waals surface area contributed by atoms with E-state index in [0.29, 0.717) is 41.8 Å². The molecule has 2 aromatic carbocycles. The Balaban J connectivity index is 1.36. The largest absolute Gasteiger partial charge is 0.497 e. The maximum Gasteiger partial charge on any atom is 0.319 e. The number of hydrogen-bond donors (Lipinski definition) is 3. The Morgan fingerprint density at radius 2 is 1.88 bits per heavy atom. The van der Waals surface area contributed by atoms with E-state index in [-0.39, 0.29) is 11.8 Å². The number of anilines is 1. The Hall–Kier alpha value is -3.86. The summed E-state index contributed by atoms with van der Waals surface area (Å²) in [6.07, 6.45) is 6.62. The van der Waals surface area contributed by atoms with Crippen LogP contribution in [0.2, 0.25) is 0 Å². The van der Waals surface area contributed by atoms with Crippen molar-refractivity contribution < 1.29 is 19.1 Å². The summed E-state index contributed by atoms with van der Waals surface area (Å²) in [5, 5.41) is 6.51. The summed E-state index contributed by atoms with van der Waals surface area (Å²) in [6.45, 7) is 6.91. The summed E-state index contributed by atoms with van der Waals surface area (Å²) in [5.41, 5.74) is 9.90. The molecule has 43 heavy (non-hydrogen) atoms. The van der Waals surface area contributed by atoms with Crippen molar-refractivity contribution in [2.24, 2.45) is 5.73 Å². The van der Waals surface area contributed by atoms with Gasteiger partial charge in [-0.2, -0.15) is 0 Å². The van der Waals surface area contributed by atoms with Crippen LogP contribution in [0, 0.1) is 0 Å². The molecule has 0 unspecified atom stereocenters. The zero-order valence-corrected chi connectivity index (χ0v) is 25.2. The van der Waals surface area contributed by atoms with Gasteiger partial charge in [0.1, 0.15) is 11.5 Å². The number of urea groups is 1. The summed E-state index contributed by atoms with van der Waals surface area (Å²) >= 11 is 0. The van der Waals surface area contributed by atoms with Gasteiger partial charge >= 0.3 is 6.03 Å². The SMILES string of the molecule is COc1ccc2c(c1)c(C=C1Oc3ccc(NC(=O)NCCN)cc3C1=O)c(C1CCCC1)n2CCN1CCN(C)CC1. The molecule has 0 atom stereocenters. The number of piperazine rings is 1. The second kappa shape index (κ2) is 12.8. The third-order valence-electron chi connectivity index (χ3n) is 8.96. The van der Waals surface area contributed by atoms with Crippen molar-refractivity contribution in [1.82, 2.24) is 19.7 Å². The van der Waals surface area contributed by atoms with Gasteiger partial charge < -0.3 is 35.3 Å². The van der Waals surface area contributed by atoms with Gasteiger partial charge in [-0.3, -0.25) is 9.69 Å². The molecule has 2 aliphatic heterocycles. The van der Waals surface area contributed by atoms with Crippen LogP contribution in [-0.4, -0.2) is 86.2 Å². The topological polar surface area (TPSA) is 114 Å². The first kappa shape index (κ1) is 29.2. The Morgan fingerprint density at radius 1 is 1.09 bits per heavy atom. The number of nitrogens with one attached hydrogen (secondary N) is 2. The fourth-order valence-corrected chi connectivity index (χ4v) is 6.61. The molecule has 2 amide bonds. The number of aromatic nitrogens is 1. The lowest BCUT2D eigenvalue weighted by atomic mass is 9.97. The number of hydrogen-bond acceptors (Lipinski definition) is 7. The molecule has 10 heteroatoms. The number of nitrogens with zero attached hydrogens (tertiary/aromatic N) is 3. The Kier molecular flexibility index (Phi) is 8.69. The number of fused-ring (bicyclic) bond motifs is 2. The van der Waals surface area contributed by atoms with Crippen LogP contribution in [0.1, 0.15) is 53.2 Å². The first-order valence-electron chi connectivity index (χ1n) is 15.4. The molecule has 1 aliphatic carbocycles. The number of Topliss-reactive ketones (excluding diaryl/α,β-unsaturated/α-hetero) is 1. The molecule has 0 radical (unpaired) electrons. The molecular weight excluding hydrogens is 544 g/mol. The zero-order chi connectivity index (χ0) is 29.9. The van der Waals surface area contributed by atoms with E-state index in [2.05, 4.69) is 44.2 Å². The van der Waals surface area contributed by atoms with Crippen molar-refractivity contribution in [1.29, 1.82) is 0 Å². The number of amides is 2. The number of likely N-dealkylation sites (N-methyl/N-ethyl adjacent to an activating group) is 1. The normalized spacial score (nSPS) is 18.8. The summed E-state index contributed by atoms with van der Waals surface area (Å²) in [6, 6.07) is 11.0. The van der Waals surface area contributed by atoms with Gasteiger partial charge in [-0.15, -0.1) is 0 Å². The van der Waals surface area contributed by atoms with Crippen LogP contribution in [-0.2, 0) is 6.54 Å². The minimum atomic E-state index is -0.368. The van der Waals surface area contributed by atoms with Gasteiger partial charge in [0, 0.05) is 80.2 Å². The van der Waals surface area contributed by atoms with Crippen molar-refractivity contribution in [3.63, 3.8) is 0 Å². The highest BCUT2D eigenvalue weighted by Gasteiger charge is 2.31.